The second kappa shape index (κ2) is 11.2. The molecule has 246 valence electrons. The van der Waals surface area contributed by atoms with Crippen LogP contribution in [0.1, 0.15) is 127 Å². The van der Waals surface area contributed by atoms with Crippen LogP contribution in [0.5, 0.6) is 0 Å². The van der Waals surface area contributed by atoms with Crippen molar-refractivity contribution >= 4 is 5.78 Å². The summed E-state index contributed by atoms with van der Waals surface area (Å²) in [4.78, 5) is 14.6. The van der Waals surface area contributed by atoms with Gasteiger partial charge in [-0.1, -0.05) is 53.2 Å². The van der Waals surface area contributed by atoms with Crippen LogP contribution >= 0.6 is 0 Å². The van der Waals surface area contributed by atoms with Gasteiger partial charge in [-0.3, -0.25) is 4.79 Å². The largest absolute Gasteiger partial charge is 0.393 e. The van der Waals surface area contributed by atoms with Gasteiger partial charge in [-0.25, -0.2) is 0 Å². The van der Waals surface area contributed by atoms with E-state index in [1.54, 1.807) is 0 Å². The summed E-state index contributed by atoms with van der Waals surface area (Å²) in [5.41, 5.74) is 0.336. The smallest absolute Gasteiger partial charge is 0.137 e. The van der Waals surface area contributed by atoms with E-state index >= 15 is 0 Å². The standard InChI is InChI=1S/C37H62O6/c1-21(2)11-10-15-37(9,43-25-19-22(3)30(40)32(42)31(25)41)23-12-17-36(8)29(23)24(38)20-27-34(6)16-14-28(39)33(4,5)26(34)13-18-35(27,36)7/h11,22-23,25-32,39-42H,10,12-20H2,1-9H3/t22?,23?,25-,26?,27?,28+,29?,30+,31?,32+,34+,35-,36-,37+/m1/s1. The van der Waals surface area contributed by atoms with Crippen LogP contribution in [-0.4, -0.2) is 62.3 Å². The van der Waals surface area contributed by atoms with E-state index in [2.05, 4.69) is 61.5 Å². The summed E-state index contributed by atoms with van der Waals surface area (Å²) in [7, 11) is 0. The van der Waals surface area contributed by atoms with Crippen molar-refractivity contribution in [1.82, 2.24) is 0 Å². The minimum Gasteiger partial charge on any atom is -0.393 e. The van der Waals surface area contributed by atoms with Crippen molar-refractivity contribution in [3.8, 4) is 0 Å². The Hall–Kier alpha value is -0.790. The van der Waals surface area contributed by atoms with Crippen molar-refractivity contribution in [2.45, 2.75) is 163 Å². The van der Waals surface area contributed by atoms with Crippen molar-refractivity contribution in [1.29, 1.82) is 0 Å². The van der Waals surface area contributed by atoms with Crippen LogP contribution in [-0.2, 0) is 9.53 Å². The number of Topliss-reactive ketones (excluding diaryl/α,β-unsaturated/α-hetero) is 1. The van der Waals surface area contributed by atoms with Gasteiger partial charge in [0.05, 0.1) is 23.9 Å². The molecule has 5 saturated carbocycles. The molecule has 6 heteroatoms. The minimum atomic E-state index is -1.24. The summed E-state index contributed by atoms with van der Waals surface area (Å²) in [5.74, 6) is 0.805. The Morgan fingerprint density at radius 3 is 2.21 bits per heavy atom. The van der Waals surface area contributed by atoms with Crippen molar-refractivity contribution in [2.24, 2.45) is 51.2 Å². The van der Waals surface area contributed by atoms with Crippen LogP contribution in [0.25, 0.3) is 0 Å². The number of allylic oxidation sites excluding steroid dienone is 2. The molecular formula is C37H62O6. The first-order valence-corrected chi connectivity index (χ1v) is 17.4. The molecule has 0 aliphatic heterocycles. The summed E-state index contributed by atoms with van der Waals surface area (Å²) in [6.45, 7) is 20.1. The number of fused-ring (bicyclic) bond motifs is 5. The Morgan fingerprint density at radius 1 is 0.907 bits per heavy atom. The van der Waals surface area contributed by atoms with E-state index < -0.39 is 30.0 Å². The summed E-state index contributed by atoms with van der Waals surface area (Å²) in [6.07, 6.45) is 6.48. The van der Waals surface area contributed by atoms with E-state index in [-0.39, 0.29) is 45.5 Å². The first kappa shape index (κ1) is 33.6. The summed E-state index contributed by atoms with van der Waals surface area (Å²) in [5, 5.41) is 43.1. The maximum atomic E-state index is 14.6. The fourth-order valence-electron chi connectivity index (χ4n) is 12.0. The average Bonchev–Trinajstić information content (AvgIpc) is 3.30. The Kier molecular flexibility index (Phi) is 8.73. The molecule has 14 atom stereocenters. The highest BCUT2D eigenvalue weighted by molar-refractivity contribution is 5.84. The Balaban J connectivity index is 1.49. The lowest BCUT2D eigenvalue weighted by Gasteiger charge is -2.69. The van der Waals surface area contributed by atoms with E-state index in [1.165, 1.54) is 5.57 Å². The third-order valence-corrected chi connectivity index (χ3v) is 14.8. The fraction of sp³-hybridized carbons (Fsp3) is 0.919. The monoisotopic (exact) mass is 602 g/mol. The maximum absolute atomic E-state index is 14.6. The number of aliphatic hydroxyl groups is 4. The number of carbonyl (C=O) groups excluding carboxylic acids is 1. The van der Waals surface area contributed by atoms with Crippen molar-refractivity contribution in [3.63, 3.8) is 0 Å². The number of carbonyl (C=O) groups is 1. The molecular weight excluding hydrogens is 540 g/mol. The number of rotatable bonds is 6. The molecule has 0 aromatic heterocycles. The predicted octanol–water partition coefficient (Wildman–Crippen LogP) is 6.22. The minimum absolute atomic E-state index is 0.0178. The zero-order chi connectivity index (χ0) is 31.9. The van der Waals surface area contributed by atoms with Gasteiger partial charge >= 0.3 is 0 Å². The number of hydrogen-bond acceptors (Lipinski definition) is 6. The first-order valence-electron chi connectivity index (χ1n) is 17.4. The Bertz CT molecular complexity index is 1100. The molecule has 5 rings (SSSR count). The molecule has 0 spiro atoms. The van der Waals surface area contributed by atoms with Gasteiger partial charge in [-0.15, -0.1) is 0 Å². The molecule has 0 aromatic rings. The highest BCUT2D eigenvalue weighted by Crippen LogP contribution is 2.75. The molecule has 4 N–H and O–H groups in total. The number of ketones is 1. The van der Waals surface area contributed by atoms with E-state index in [0.717, 1.165) is 51.4 Å². The van der Waals surface area contributed by atoms with E-state index in [0.29, 0.717) is 30.5 Å². The van der Waals surface area contributed by atoms with Crippen LogP contribution in [0.15, 0.2) is 11.6 Å². The molecule has 0 bridgehead atoms. The van der Waals surface area contributed by atoms with Gasteiger partial charge in [0.1, 0.15) is 18.0 Å². The van der Waals surface area contributed by atoms with Crippen molar-refractivity contribution < 1.29 is 30.0 Å². The first-order chi connectivity index (χ1) is 19.8. The fourth-order valence-corrected chi connectivity index (χ4v) is 12.0. The molecule has 5 aliphatic carbocycles. The van der Waals surface area contributed by atoms with Gasteiger partial charge in [-0.2, -0.15) is 0 Å². The highest BCUT2D eigenvalue weighted by atomic mass is 16.5. The number of hydrogen-bond donors (Lipinski definition) is 4. The summed E-state index contributed by atoms with van der Waals surface area (Å²) < 4.78 is 6.97. The maximum Gasteiger partial charge on any atom is 0.137 e. The second-order valence-electron chi connectivity index (χ2n) is 17.6. The van der Waals surface area contributed by atoms with Crippen molar-refractivity contribution in [2.75, 3.05) is 0 Å². The van der Waals surface area contributed by atoms with Crippen LogP contribution in [0.4, 0.5) is 0 Å². The van der Waals surface area contributed by atoms with Crippen LogP contribution < -0.4 is 0 Å². The lowest BCUT2D eigenvalue weighted by molar-refractivity contribution is -0.235. The highest BCUT2D eigenvalue weighted by Gasteiger charge is 2.71. The number of aliphatic hydroxyl groups excluding tert-OH is 4. The molecule has 0 heterocycles. The van der Waals surface area contributed by atoms with Crippen LogP contribution in [0, 0.1) is 51.2 Å². The Labute approximate surface area is 261 Å². The van der Waals surface area contributed by atoms with E-state index in [9.17, 15) is 25.2 Å². The van der Waals surface area contributed by atoms with Gasteiger partial charge in [0.2, 0.25) is 0 Å². The molecule has 0 amide bonds. The summed E-state index contributed by atoms with van der Waals surface area (Å²) >= 11 is 0. The van der Waals surface area contributed by atoms with Crippen LogP contribution in [0.2, 0.25) is 0 Å². The molecule has 6 nitrogen and oxygen atoms in total. The zero-order valence-electron chi connectivity index (χ0n) is 28.5. The molecule has 5 fully saturated rings. The van der Waals surface area contributed by atoms with Crippen LogP contribution in [0.3, 0.4) is 0 Å². The van der Waals surface area contributed by atoms with Gasteiger partial charge < -0.3 is 25.2 Å². The van der Waals surface area contributed by atoms with E-state index in [4.69, 9.17) is 4.74 Å². The zero-order valence-corrected chi connectivity index (χ0v) is 28.5. The van der Waals surface area contributed by atoms with Gasteiger partial charge in [0, 0.05) is 12.3 Å². The molecule has 5 aliphatic rings. The molecule has 0 saturated heterocycles. The summed E-state index contributed by atoms with van der Waals surface area (Å²) in [6, 6.07) is 0. The molecule has 6 unspecified atom stereocenters. The third-order valence-electron chi connectivity index (χ3n) is 14.8. The van der Waals surface area contributed by atoms with Gasteiger partial charge in [-0.05, 0) is 124 Å². The molecule has 43 heavy (non-hydrogen) atoms. The number of ether oxygens (including phenoxy) is 1. The lowest BCUT2D eigenvalue weighted by atomic mass is 9.35. The van der Waals surface area contributed by atoms with Gasteiger partial charge in [0.15, 0.2) is 0 Å². The normalized spacial score (nSPS) is 50.7. The third kappa shape index (κ3) is 5.03. The SMILES string of the molecule is CC(C)=CCC[C@](C)(O[C@@H]1CC(C)[C@H](O)[C@H](O)C1O)C1CC[C@]2(C)C1C(=O)CC1[C@@]3(C)CC[C@H](O)C(C)(C)C3CC[C@]12C. The second-order valence-corrected chi connectivity index (χ2v) is 17.6. The van der Waals surface area contributed by atoms with Gasteiger partial charge in [0.25, 0.3) is 0 Å². The van der Waals surface area contributed by atoms with Crippen molar-refractivity contribution in [3.05, 3.63) is 11.6 Å². The molecule has 0 radical (unpaired) electrons. The predicted molar refractivity (Wildman–Crippen MR) is 169 cm³/mol. The molecule has 0 aromatic carbocycles. The quantitative estimate of drug-likeness (QED) is 0.269. The lowest BCUT2D eigenvalue weighted by Crippen LogP contribution is -2.66. The topological polar surface area (TPSA) is 107 Å². The Morgan fingerprint density at radius 2 is 1.56 bits per heavy atom. The van der Waals surface area contributed by atoms with E-state index in [1.807, 2.05) is 6.92 Å². The average molecular weight is 603 g/mol.